The number of hydrogen-bond acceptors (Lipinski definition) is 7. The zero-order valence-electron chi connectivity index (χ0n) is 19.9. The number of aromatic hydroxyl groups is 1. The highest BCUT2D eigenvalue weighted by Gasteiger charge is 2.18. The predicted octanol–water partition coefficient (Wildman–Crippen LogP) is 4.29. The Morgan fingerprint density at radius 3 is 2.49 bits per heavy atom. The Balaban J connectivity index is 1.37. The van der Waals surface area contributed by atoms with Gasteiger partial charge in [-0.2, -0.15) is 0 Å². The van der Waals surface area contributed by atoms with E-state index < -0.39 is 0 Å². The molecule has 9 heteroatoms. The third-order valence-electron chi connectivity index (χ3n) is 5.65. The van der Waals surface area contributed by atoms with E-state index in [1.54, 1.807) is 20.3 Å². The van der Waals surface area contributed by atoms with Crippen molar-refractivity contribution in [2.24, 2.45) is 0 Å². The number of ether oxygens (including phenoxy) is 2. The quantitative estimate of drug-likeness (QED) is 0.319. The second-order valence-electron chi connectivity index (χ2n) is 7.84. The molecule has 0 saturated carbocycles. The first-order chi connectivity index (χ1) is 17.0. The molecular formula is C26H28N4O4S. The molecule has 0 fully saturated rings. The number of nitrogens with one attached hydrogen (secondary N) is 1. The van der Waals surface area contributed by atoms with Crippen LogP contribution in [0.5, 0.6) is 17.2 Å². The summed E-state index contributed by atoms with van der Waals surface area (Å²) in [5, 5.41) is 24.7. The maximum absolute atomic E-state index is 12.4. The average Bonchev–Trinajstić information content (AvgIpc) is 3.29. The van der Waals surface area contributed by atoms with Crippen LogP contribution in [0.25, 0.3) is 22.2 Å². The number of phenolic OH excluding ortho intramolecular Hbond substituents is 1. The Morgan fingerprint density at radius 1 is 1.03 bits per heavy atom. The summed E-state index contributed by atoms with van der Waals surface area (Å²) in [6.07, 6.45) is 0.674. The van der Waals surface area contributed by atoms with E-state index in [4.69, 9.17) is 9.47 Å². The summed E-state index contributed by atoms with van der Waals surface area (Å²) in [5.74, 6) is 2.19. The summed E-state index contributed by atoms with van der Waals surface area (Å²) in [6, 6.07) is 17.2. The number of amides is 1. The lowest BCUT2D eigenvalue weighted by Crippen LogP contribution is -2.27. The highest BCUT2D eigenvalue weighted by Crippen LogP contribution is 2.34. The summed E-state index contributed by atoms with van der Waals surface area (Å²) in [4.78, 5) is 12.4. The first-order valence-electron chi connectivity index (χ1n) is 11.3. The van der Waals surface area contributed by atoms with Gasteiger partial charge in [0.25, 0.3) is 0 Å². The standard InChI is InChI=1S/C26H28N4O4S/c1-4-30-25(20-14-18-7-5-6-8-19(18)15-21(20)31)28-29-26(30)35-16-24(32)27-12-11-17-9-10-22(33-2)23(13-17)34-3/h5-10,13-15,31H,4,11-12,16H2,1-3H3,(H,27,32). The lowest BCUT2D eigenvalue weighted by molar-refractivity contribution is -0.118. The molecule has 0 spiro atoms. The molecule has 8 nitrogen and oxygen atoms in total. The summed E-state index contributed by atoms with van der Waals surface area (Å²) < 4.78 is 12.5. The number of aromatic nitrogens is 3. The number of fused-ring (bicyclic) bond motifs is 1. The van der Waals surface area contributed by atoms with Gasteiger partial charge in [0.15, 0.2) is 22.5 Å². The zero-order valence-corrected chi connectivity index (χ0v) is 20.8. The molecule has 0 aliphatic heterocycles. The number of carbonyl (C=O) groups is 1. The number of benzene rings is 3. The van der Waals surface area contributed by atoms with Crippen molar-refractivity contribution >= 4 is 28.4 Å². The second kappa shape index (κ2) is 11.1. The molecule has 4 aromatic rings. The summed E-state index contributed by atoms with van der Waals surface area (Å²) in [7, 11) is 3.20. The van der Waals surface area contributed by atoms with Crippen LogP contribution in [0.1, 0.15) is 12.5 Å². The first-order valence-corrected chi connectivity index (χ1v) is 12.3. The molecule has 0 saturated heterocycles. The van der Waals surface area contributed by atoms with Crippen molar-refractivity contribution in [1.29, 1.82) is 0 Å². The molecule has 0 radical (unpaired) electrons. The van der Waals surface area contributed by atoms with Crippen LogP contribution in [0.2, 0.25) is 0 Å². The van der Waals surface area contributed by atoms with Crippen molar-refractivity contribution in [2.75, 3.05) is 26.5 Å². The molecule has 0 aliphatic carbocycles. The van der Waals surface area contributed by atoms with Crippen molar-refractivity contribution in [3.63, 3.8) is 0 Å². The third kappa shape index (κ3) is 5.51. The number of methoxy groups -OCH3 is 2. The maximum atomic E-state index is 12.4. The number of nitrogens with zero attached hydrogens (tertiary/aromatic N) is 3. The SMILES string of the molecule is CCn1c(SCC(=O)NCCc2ccc(OC)c(OC)c2)nnc1-c1cc2ccccc2cc1O. The number of rotatable bonds is 10. The van der Waals surface area contributed by atoms with Gasteiger partial charge in [0.2, 0.25) is 5.91 Å². The van der Waals surface area contributed by atoms with E-state index in [9.17, 15) is 9.90 Å². The second-order valence-corrected chi connectivity index (χ2v) is 8.79. The Hall–Kier alpha value is -3.72. The monoisotopic (exact) mass is 492 g/mol. The van der Waals surface area contributed by atoms with E-state index in [0.717, 1.165) is 16.3 Å². The van der Waals surface area contributed by atoms with E-state index in [-0.39, 0.29) is 17.4 Å². The van der Waals surface area contributed by atoms with Gasteiger partial charge >= 0.3 is 0 Å². The normalized spacial score (nSPS) is 10.9. The molecule has 4 rings (SSSR count). The van der Waals surface area contributed by atoms with Crippen LogP contribution in [0.15, 0.2) is 59.8 Å². The van der Waals surface area contributed by atoms with Crippen molar-refractivity contribution < 1.29 is 19.4 Å². The van der Waals surface area contributed by atoms with Crippen molar-refractivity contribution in [3.05, 3.63) is 60.2 Å². The molecule has 0 bridgehead atoms. The van der Waals surface area contributed by atoms with Gasteiger partial charge in [0.1, 0.15) is 5.75 Å². The van der Waals surface area contributed by atoms with Gasteiger partial charge in [-0.15, -0.1) is 10.2 Å². The van der Waals surface area contributed by atoms with Gasteiger partial charge < -0.3 is 24.5 Å². The minimum atomic E-state index is -0.0868. The van der Waals surface area contributed by atoms with Crippen LogP contribution in [0.3, 0.4) is 0 Å². The summed E-state index contributed by atoms with van der Waals surface area (Å²) >= 11 is 1.32. The molecule has 0 unspecified atom stereocenters. The Bertz CT molecular complexity index is 1340. The lowest BCUT2D eigenvalue weighted by Gasteiger charge is -2.11. The molecule has 1 aromatic heterocycles. The molecule has 1 heterocycles. The van der Waals surface area contributed by atoms with Gasteiger partial charge in [-0.1, -0.05) is 42.1 Å². The Labute approximate surface area is 208 Å². The molecule has 2 N–H and O–H groups in total. The van der Waals surface area contributed by atoms with Crippen LogP contribution >= 0.6 is 11.8 Å². The molecule has 0 aliphatic rings. The fourth-order valence-electron chi connectivity index (χ4n) is 3.85. The molecule has 35 heavy (non-hydrogen) atoms. The van der Waals surface area contributed by atoms with E-state index in [1.807, 2.05) is 60.0 Å². The Morgan fingerprint density at radius 2 is 1.77 bits per heavy atom. The lowest BCUT2D eigenvalue weighted by atomic mass is 10.1. The minimum absolute atomic E-state index is 0.0868. The number of thioether (sulfide) groups is 1. The van der Waals surface area contributed by atoms with Crippen LogP contribution in [-0.2, 0) is 17.8 Å². The zero-order chi connectivity index (χ0) is 24.8. The highest BCUT2D eigenvalue weighted by atomic mass is 32.2. The fraction of sp³-hybridized carbons (Fsp3) is 0.269. The van der Waals surface area contributed by atoms with E-state index >= 15 is 0 Å². The average molecular weight is 493 g/mol. The summed E-state index contributed by atoms with van der Waals surface area (Å²) in [5.41, 5.74) is 1.66. The number of carbonyl (C=O) groups excluding carboxylic acids is 1. The molecule has 1 amide bonds. The van der Waals surface area contributed by atoms with Crippen LogP contribution in [0.4, 0.5) is 0 Å². The fourth-order valence-corrected chi connectivity index (χ4v) is 4.68. The summed E-state index contributed by atoms with van der Waals surface area (Å²) in [6.45, 7) is 3.10. The largest absolute Gasteiger partial charge is 0.507 e. The van der Waals surface area contributed by atoms with Crippen molar-refractivity contribution in [2.45, 2.75) is 25.0 Å². The first kappa shape index (κ1) is 24.4. The Kier molecular flexibility index (Phi) is 7.77. The van der Waals surface area contributed by atoms with Crippen molar-refractivity contribution in [3.8, 4) is 28.6 Å². The van der Waals surface area contributed by atoms with Gasteiger partial charge in [-0.25, -0.2) is 0 Å². The number of phenols is 1. The minimum Gasteiger partial charge on any atom is -0.507 e. The maximum Gasteiger partial charge on any atom is 0.230 e. The van der Waals surface area contributed by atoms with Crippen LogP contribution in [-0.4, -0.2) is 52.3 Å². The van der Waals surface area contributed by atoms with Gasteiger partial charge in [-0.3, -0.25) is 4.79 Å². The van der Waals surface area contributed by atoms with Crippen LogP contribution in [0, 0.1) is 0 Å². The molecule has 0 atom stereocenters. The predicted molar refractivity (Wildman–Crippen MR) is 137 cm³/mol. The highest BCUT2D eigenvalue weighted by molar-refractivity contribution is 7.99. The van der Waals surface area contributed by atoms with Crippen molar-refractivity contribution in [1.82, 2.24) is 20.1 Å². The van der Waals surface area contributed by atoms with Crippen LogP contribution < -0.4 is 14.8 Å². The number of hydrogen-bond donors (Lipinski definition) is 2. The third-order valence-corrected chi connectivity index (χ3v) is 6.62. The van der Waals surface area contributed by atoms with Gasteiger partial charge in [0, 0.05) is 13.1 Å². The van der Waals surface area contributed by atoms with Gasteiger partial charge in [0.05, 0.1) is 25.5 Å². The molecule has 3 aromatic carbocycles. The molecule has 182 valence electrons. The molecular weight excluding hydrogens is 464 g/mol. The van der Waals surface area contributed by atoms with E-state index in [0.29, 0.717) is 47.6 Å². The topological polar surface area (TPSA) is 98.5 Å². The van der Waals surface area contributed by atoms with Gasteiger partial charge in [-0.05, 0) is 53.9 Å². The van der Waals surface area contributed by atoms with E-state index in [1.165, 1.54) is 11.8 Å². The van der Waals surface area contributed by atoms with E-state index in [2.05, 4.69) is 15.5 Å². The smallest absolute Gasteiger partial charge is 0.230 e.